The second kappa shape index (κ2) is 5.41. The van der Waals surface area contributed by atoms with Crippen LogP contribution in [0.15, 0.2) is 17.4 Å². The van der Waals surface area contributed by atoms with Crippen molar-refractivity contribution in [1.29, 1.82) is 0 Å². The molecule has 1 aromatic heterocycles. The molecule has 0 bridgehead atoms. The molecule has 0 spiro atoms. The average Bonchev–Trinajstić information content (AvgIpc) is 2.19. The first-order valence-corrected chi connectivity index (χ1v) is 4.76. The van der Waals surface area contributed by atoms with Gasteiger partial charge in [0.25, 0.3) is 0 Å². The molecule has 68 valence electrons. The van der Waals surface area contributed by atoms with Gasteiger partial charge in [-0.3, -0.25) is 4.84 Å². The number of nitrogens with one attached hydrogen (secondary N) is 1. The number of hydrogen-bond acceptors (Lipinski definition) is 5. The van der Waals surface area contributed by atoms with E-state index < -0.39 is 0 Å². The van der Waals surface area contributed by atoms with Crippen molar-refractivity contribution < 1.29 is 4.84 Å². The van der Waals surface area contributed by atoms with E-state index in [-0.39, 0.29) is 6.61 Å². The van der Waals surface area contributed by atoms with Gasteiger partial charge in [-0.1, -0.05) is 5.92 Å². The van der Waals surface area contributed by atoms with Crippen LogP contribution in [0, 0.1) is 12.3 Å². The zero-order chi connectivity index (χ0) is 9.52. The zero-order valence-electron chi connectivity index (χ0n) is 7.15. The zero-order valence-corrected chi connectivity index (χ0v) is 7.97. The summed E-state index contributed by atoms with van der Waals surface area (Å²) in [7, 11) is 0. The molecule has 0 saturated carbocycles. The van der Waals surface area contributed by atoms with Crippen molar-refractivity contribution in [1.82, 2.24) is 9.97 Å². The summed E-state index contributed by atoms with van der Waals surface area (Å²) in [5.41, 5.74) is 2.61. The van der Waals surface area contributed by atoms with Gasteiger partial charge in [0.15, 0.2) is 5.82 Å². The summed E-state index contributed by atoms with van der Waals surface area (Å²) >= 11 is 1.54. The SMILES string of the molecule is C#CCONc1cc(SC)ncn1. The van der Waals surface area contributed by atoms with E-state index in [2.05, 4.69) is 21.4 Å². The maximum atomic E-state index is 5.00. The summed E-state index contributed by atoms with van der Waals surface area (Å²) in [4.78, 5) is 12.8. The second-order valence-corrected chi connectivity index (χ2v) is 2.87. The minimum atomic E-state index is 0.207. The highest BCUT2D eigenvalue weighted by molar-refractivity contribution is 7.98. The molecule has 0 fully saturated rings. The highest BCUT2D eigenvalue weighted by atomic mass is 32.2. The topological polar surface area (TPSA) is 47.0 Å². The van der Waals surface area contributed by atoms with Gasteiger partial charge >= 0.3 is 0 Å². The first-order chi connectivity index (χ1) is 6.36. The van der Waals surface area contributed by atoms with Gasteiger partial charge in [-0.2, -0.15) is 0 Å². The Kier molecular flexibility index (Phi) is 4.09. The lowest BCUT2D eigenvalue weighted by Gasteiger charge is -2.03. The Bertz CT molecular complexity index is 311. The van der Waals surface area contributed by atoms with Crippen molar-refractivity contribution in [3.8, 4) is 12.3 Å². The molecule has 0 radical (unpaired) electrons. The maximum Gasteiger partial charge on any atom is 0.154 e. The molecule has 4 nitrogen and oxygen atoms in total. The number of thioether (sulfide) groups is 1. The van der Waals surface area contributed by atoms with Gasteiger partial charge in [-0.05, 0) is 6.26 Å². The summed E-state index contributed by atoms with van der Waals surface area (Å²) in [5.74, 6) is 2.94. The molecule has 0 aromatic carbocycles. The van der Waals surface area contributed by atoms with Crippen LogP contribution in [0.2, 0.25) is 0 Å². The largest absolute Gasteiger partial charge is 0.262 e. The van der Waals surface area contributed by atoms with E-state index in [0.29, 0.717) is 5.82 Å². The number of rotatable bonds is 4. The molecule has 1 N–H and O–H groups in total. The average molecular weight is 195 g/mol. The number of terminal acetylenes is 1. The minimum absolute atomic E-state index is 0.207. The fourth-order valence-corrected chi connectivity index (χ4v) is 1.04. The van der Waals surface area contributed by atoms with Crippen molar-refractivity contribution in [3.05, 3.63) is 12.4 Å². The molecule has 0 aliphatic carbocycles. The molecule has 0 saturated heterocycles. The molecule has 13 heavy (non-hydrogen) atoms. The molecule has 0 aliphatic rings. The minimum Gasteiger partial charge on any atom is -0.262 e. The quantitative estimate of drug-likeness (QED) is 0.257. The van der Waals surface area contributed by atoms with Crippen LogP contribution in [-0.4, -0.2) is 22.8 Å². The molecular weight excluding hydrogens is 186 g/mol. The van der Waals surface area contributed by atoms with E-state index >= 15 is 0 Å². The van der Waals surface area contributed by atoms with Gasteiger partial charge < -0.3 is 0 Å². The summed E-state index contributed by atoms with van der Waals surface area (Å²) in [6.07, 6.45) is 8.40. The van der Waals surface area contributed by atoms with Gasteiger partial charge in [0.05, 0.1) is 0 Å². The third-order valence-corrected chi connectivity index (χ3v) is 1.82. The first kappa shape index (κ1) is 9.84. The number of anilines is 1. The summed E-state index contributed by atoms with van der Waals surface area (Å²) < 4.78 is 0. The van der Waals surface area contributed by atoms with Gasteiger partial charge in [0.1, 0.15) is 18.0 Å². The Hall–Kier alpha value is -1.25. The van der Waals surface area contributed by atoms with Crippen molar-refractivity contribution >= 4 is 17.6 Å². The van der Waals surface area contributed by atoms with Gasteiger partial charge in [0, 0.05) is 6.07 Å². The van der Waals surface area contributed by atoms with E-state index in [4.69, 9.17) is 11.3 Å². The van der Waals surface area contributed by atoms with Crippen molar-refractivity contribution in [2.45, 2.75) is 5.03 Å². The van der Waals surface area contributed by atoms with Gasteiger partial charge in [-0.15, -0.1) is 18.2 Å². The summed E-state index contributed by atoms with van der Waals surface area (Å²) in [6, 6.07) is 1.78. The van der Waals surface area contributed by atoms with Crippen LogP contribution in [0.4, 0.5) is 5.82 Å². The van der Waals surface area contributed by atoms with Gasteiger partial charge in [0.2, 0.25) is 0 Å². The molecule has 0 aliphatic heterocycles. The highest BCUT2D eigenvalue weighted by Gasteiger charge is 1.95. The summed E-state index contributed by atoms with van der Waals surface area (Å²) in [5, 5.41) is 0.877. The Morgan fingerprint density at radius 1 is 1.69 bits per heavy atom. The Morgan fingerprint density at radius 2 is 2.54 bits per heavy atom. The van der Waals surface area contributed by atoms with Crippen LogP contribution in [0.1, 0.15) is 0 Å². The molecule has 0 atom stereocenters. The van der Waals surface area contributed by atoms with Crippen LogP contribution in [0.3, 0.4) is 0 Å². The molecule has 1 aromatic rings. The van der Waals surface area contributed by atoms with Crippen LogP contribution >= 0.6 is 11.8 Å². The van der Waals surface area contributed by atoms with Crippen LogP contribution in [0.25, 0.3) is 0 Å². The highest BCUT2D eigenvalue weighted by Crippen LogP contribution is 2.13. The van der Waals surface area contributed by atoms with Crippen molar-refractivity contribution in [2.24, 2.45) is 0 Å². The molecule has 0 unspecified atom stereocenters. The van der Waals surface area contributed by atoms with Crippen LogP contribution in [-0.2, 0) is 4.84 Å². The van der Waals surface area contributed by atoms with Crippen LogP contribution < -0.4 is 5.48 Å². The fourth-order valence-electron chi connectivity index (χ4n) is 0.659. The lowest BCUT2D eigenvalue weighted by atomic mass is 10.6. The molecule has 0 amide bonds. The van der Waals surface area contributed by atoms with E-state index in [1.807, 2.05) is 6.26 Å². The maximum absolute atomic E-state index is 5.00. The number of hydrogen-bond donors (Lipinski definition) is 1. The Morgan fingerprint density at radius 3 is 3.23 bits per heavy atom. The molecule has 1 heterocycles. The van der Waals surface area contributed by atoms with Crippen LogP contribution in [0.5, 0.6) is 0 Å². The lowest BCUT2D eigenvalue weighted by Crippen LogP contribution is -2.03. The number of nitrogens with zero attached hydrogens (tertiary/aromatic N) is 2. The lowest BCUT2D eigenvalue weighted by molar-refractivity contribution is 0.232. The Labute approximate surface area is 81.1 Å². The fraction of sp³-hybridized carbons (Fsp3) is 0.250. The molecule has 5 heteroatoms. The van der Waals surface area contributed by atoms with E-state index in [1.165, 1.54) is 18.1 Å². The predicted octanol–water partition coefficient (Wildman–Crippen LogP) is 1.18. The third-order valence-electron chi connectivity index (χ3n) is 1.18. The van der Waals surface area contributed by atoms with E-state index in [1.54, 1.807) is 6.07 Å². The van der Waals surface area contributed by atoms with Gasteiger partial charge in [-0.25, -0.2) is 15.4 Å². The summed E-state index contributed by atoms with van der Waals surface area (Å²) in [6.45, 7) is 0.207. The second-order valence-electron chi connectivity index (χ2n) is 2.04. The normalized spacial score (nSPS) is 9.23. The van der Waals surface area contributed by atoms with Crippen molar-refractivity contribution in [3.63, 3.8) is 0 Å². The standard InChI is InChI=1S/C8H9N3OS/c1-3-4-12-11-7-5-8(13-2)10-6-9-7/h1,5-6H,4H2,2H3,(H,9,10,11). The number of aromatic nitrogens is 2. The Balaban J connectivity index is 2.52. The van der Waals surface area contributed by atoms with Crippen molar-refractivity contribution in [2.75, 3.05) is 18.3 Å². The monoisotopic (exact) mass is 195 g/mol. The molecular formula is C8H9N3OS. The van der Waals surface area contributed by atoms with E-state index in [0.717, 1.165) is 5.03 Å². The predicted molar refractivity (Wildman–Crippen MR) is 52.2 cm³/mol. The van der Waals surface area contributed by atoms with E-state index in [9.17, 15) is 0 Å². The third kappa shape index (κ3) is 3.32. The smallest absolute Gasteiger partial charge is 0.154 e. The molecule has 1 rings (SSSR count). The first-order valence-electron chi connectivity index (χ1n) is 3.54.